The summed E-state index contributed by atoms with van der Waals surface area (Å²) < 4.78 is 6.31. The van der Waals surface area contributed by atoms with Gasteiger partial charge in [0.25, 0.3) is 0 Å². The van der Waals surface area contributed by atoms with Gasteiger partial charge in [-0.2, -0.15) is 5.10 Å². The number of hydrogen-bond acceptors (Lipinski definition) is 6. The molecule has 1 amide bonds. The fourth-order valence-electron chi connectivity index (χ4n) is 2.76. The standard InChI is InChI=1S/C14H19N5O3/c1-8-12(18-22-17-8)5-13(21)16-14(9-3-11(20)4-9)10-6-15-19(2)7-10/h6-7,9,11,14,20H,3-5H2,1-2H3,(H,16,21)/t9?,11?,14-/m1/s1. The second-order valence-corrected chi connectivity index (χ2v) is 5.85. The number of aliphatic hydroxyl groups excluding tert-OH is 1. The minimum Gasteiger partial charge on any atom is -0.393 e. The van der Waals surface area contributed by atoms with E-state index >= 15 is 0 Å². The summed E-state index contributed by atoms with van der Waals surface area (Å²) in [5.41, 5.74) is 2.10. The Labute approximate surface area is 127 Å². The molecule has 1 aliphatic carbocycles. The van der Waals surface area contributed by atoms with E-state index in [1.165, 1.54) is 0 Å². The van der Waals surface area contributed by atoms with Crippen LogP contribution in [0.5, 0.6) is 0 Å². The zero-order valence-corrected chi connectivity index (χ0v) is 12.6. The third kappa shape index (κ3) is 3.01. The SMILES string of the molecule is Cc1nonc1CC(=O)N[C@@H](c1cnn(C)c1)C1CC(O)C1. The van der Waals surface area contributed by atoms with Crippen molar-refractivity contribution < 1.29 is 14.5 Å². The number of nitrogens with zero attached hydrogens (tertiary/aromatic N) is 4. The Morgan fingerprint density at radius 1 is 1.55 bits per heavy atom. The highest BCUT2D eigenvalue weighted by molar-refractivity contribution is 5.78. The van der Waals surface area contributed by atoms with Gasteiger partial charge in [-0.05, 0) is 25.7 Å². The number of amides is 1. The molecule has 0 aliphatic heterocycles. The van der Waals surface area contributed by atoms with E-state index in [1.54, 1.807) is 17.8 Å². The molecule has 1 fully saturated rings. The highest BCUT2D eigenvalue weighted by Crippen LogP contribution is 2.37. The minimum absolute atomic E-state index is 0.126. The molecule has 0 bridgehead atoms. The third-order valence-corrected chi connectivity index (χ3v) is 4.10. The predicted octanol–water partition coefficient (Wildman–Crippen LogP) is 0.282. The molecule has 118 valence electrons. The van der Waals surface area contributed by atoms with Gasteiger partial charge in [0.1, 0.15) is 11.4 Å². The molecule has 0 saturated heterocycles. The Balaban J connectivity index is 1.70. The molecule has 0 unspecified atom stereocenters. The van der Waals surface area contributed by atoms with Crippen molar-refractivity contribution in [2.24, 2.45) is 13.0 Å². The average molecular weight is 305 g/mol. The van der Waals surface area contributed by atoms with Crippen LogP contribution in [0.25, 0.3) is 0 Å². The molecule has 0 spiro atoms. The topological polar surface area (TPSA) is 106 Å². The fourth-order valence-corrected chi connectivity index (χ4v) is 2.76. The molecule has 22 heavy (non-hydrogen) atoms. The van der Waals surface area contributed by atoms with Crippen molar-refractivity contribution in [2.45, 2.75) is 38.3 Å². The van der Waals surface area contributed by atoms with Gasteiger partial charge >= 0.3 is 0 Å². The molecule has 1 aliphatic rings. The lowest BCUT2D eigenvalue weighted by Gasteiger charge is -2.37. The Morgan fingerprint density at radius 3 is 2.86 bits per heavy atom. The first-order valence-corrected chi connectivity index (χ1v) is 7.27. The van der Waals surface area contributed by atoms with Gasteiger partial charge in [-0.3, -0.25) is 9.48 Å². The van der Waals surface area contributed by atoms with Gasteiger partial charge in [0.15, 0.2) is 0 Å². The van der Waals surface area contributed by atoms with Gasteiger partial charge in [0.05, 0.1) is 24.8 Å². The van der Waals surface area contributed by atoms with Gasteiger partial charge in [-0.25, -0.2) is 4.63 Å². The van der Waals surface area contributed by atoms with E-state index in [0.29, 0.717) is 24.2 Å². The van der Waals surface area contributed by atoms with Gasteiger partial charge in [0, 0.05) is 18.8 Å². The van der Waals surface area contributed by atoms with E-state index < -0.39 is 0 Å². The van der Waals surface area contributed by atoms with Crippen LogP contribution in [0.2, 0.25) is 0 Å². The summed E-state index contributed by atoms with van der Waals surface area (Å²) in [7, 11) is 1.84. The van der Waals surface area contributed by atoms with Crippen LogP contribution in [0, 0.1) is 12.8 Å². The van der Waals surface area contributed by atoms with Crippen molar-refractivity contribution in [3.63, 3.8) is 0 Å². The number of aliphatic hydroxyl groups is 1. The normalized spacial score (nSPS) is 22.1. The van der Waals surface area contributed by atoms with Crippen LogP contribution in [-0.4, -0.2) is 37.2 Å². The Bertz CT molecular complexity index is 659. The number of carbonyl (C=O) groups is 1. The Hall–Kier alpha value is -2.22. The van der Waals surface area contributed by atoms with E-state index in [-0.39, 0.29) is 30.4 Å². The summed E-state index contributed by atoms with van der Waals surface area (Å²) in [4.78, 5) is 12.3. The first kappa shape index (κ1) is 14.7. The number of aryl methyl sites for hydroxylation is 2. The van der Waals surface area contributed by atoms with E-state index in [1.807, 2.05) is 13.2 Å². The minimum atomic E-state index is -0.275. The Morgan fingerprint density at radius 2 is 2.32 bits per heavy atom. The molecule has 0 radical (unpaired) electrons. The highest BCUT2D eigenvalue weighted by atomic mass is 16.6. The quantitative estimate of drug-likeness (QED) is 0.822. The summed E-state index contributed by atoms with van der Waals surface area (Å²) in [6.45, 7) is 1.75. The van der Waals surface area contributed by atoms with Crippen LogP contribution in [0.1, 0.15) is 35.8 Å². The summed E-state index contributed by atoms with van der Waals surface area (Å²) in [5, 5.41) is 24.1. The second-order valence-electron chi connectivity index (χ2n) is 5.85. The molecule has 1 atom stereocenters. The van der Waals surface area contributed by atoms with Gasteiger partial charge in [0.2, 0.25) is 5.91 Å². The van der Waals surface area contributed by atoms with Crippen LogP contribution in [-0.2, 0) is 18.3 Å². The lowest BCUT2D eigenvalue weighted by molar-refractivity contribution is -0.122. The largest absolute Gasteiger partial charge is 0.393 e. The number of rotatable bonds is 5. The van der Waals surface area contributed by atoms with Gasteiger partial charge in [-0.1, -0.05) is 10.3 Å². The zero-order chi connectivity index (χ0) is 15.7. The molecule has 2 aromatic rings. The molecule has 2 N–H and O–H groups in total. The van der Waals surface area contributed by atoms with Crippen LogP contribution in [0.15, 0.2) is 17.0 Å². The highest BCUT2D eigenvalue weighted by Gasteiger charge is 2.36. The maximum Gasteiger partial charge on any atom is 0.226 e. The lowest BCUT2D eigenvalue weighted by Crippen LogP contribution is -2.41. The Kier molecular flexibility index (Phi) is 3.93. The molecule has 8 heteroatoms. The molecule has 3 rings (SSSR count). The van der Waals surface area contributed by atoms with Crippen molar-refractivity contribution in [1.82, 2.24) is 25.4 Å². The second kappa shape index (κ2) is 5.88. The molecule has 0 aromatic carbocycles. The zero-order valence-electron chi connectivity index (χ0n) is 12.6. The number of aromatic nitrogens is 4. The van der Waals surface area contributed by atoms with Crippen LogP contribution < -0.4 is 5.32 Å². The number of nitrogens with one attached hydrogen (secondary N) is 1. The van der Waals surface area contributed by atoms with Crippen molar-refractivity contribution >= 4 is 5.91 Å². The van der Waals surface area contributed by atoms with Crippen molar-refractivity contribution in [3.8, 4) is 0 Å². The van der Waals surface area contributed by atoms with Gasteiger partial charge in [-0.15, -0.1) is 0 Å². The summed E-state index contributed by atoms with van der Waals surface area (Å²) in [6, 6.07) is -0.148. The molecular formula is C14H19N5O3. The third-order valence-electron chi connectivity index (χ3n) is 4.10. The van der Waals surface area contributed by atoms with Crippen molar-refractivity contribution in [2.75, 3.05) is 0 Å². The molecule has 2 aromatic heterocycles. The smallest absolute Gasteiger partial charge is 0.226 e. The monoisotopic (exact) mass is 305 g/mol. The van der Waals surface area contributed by atoms with Crippen LogP contribution >= 0.6 is 0 Å². The van der Waals surface area contributed by atoms with Crippen molar-refractivity contribution in [3.05, 3.63) is 29.3 Å². The van der Waals surface area contributed by atoms with E-state index in [0.717, 1.165) is 5.56 Å². The predicted molar refractivity (Wildman–Crippen MR) is 75.6 cm³/mol. The number of hydrogen-bond donors (Lipinski definition) is 2. The fraction of sp³-hybridized carbons (Fsp3) is 0.571. The summed E-state index contributed by atoms with van der Waals surface area (Å²) in [5.74, 6) is 0.0775. The maximum atomic E-state index is 12.3. The van der Waals surface area contributed by atoms with Gasteiger partial charge < -0.3 is 10.4 Å². The summed E-state index contributed by atoms with van der Waals surface area (Å²) in [6.07, 6.45) is 4.86. The van der Waals surface area contributed by atoms with Crippen molar-refractivity contribution in [1.29, 1.82) is 0 Å². The number of carbonyl (C=O) groups excluding carboxylic acids is 1. The van der Waals surface area contributed by atoms with E-state index in [9.17, 15) is 9.90 Å². The molecule has 1 saturated carbocycles. The van der Waals surface area contributed by atoms with Crippen LogP contribution in [0.3, 0.4) is 0 Å². The van der Waals surface area contributed by atoms with Crippen LogP contribution in [0.4, 0.5) is 0 Å². The van der Waals surface area contributed by atoms with E-state index in [4.69, 9.17) is 0 Å². The molecule has 2 heterocycles. The lowest BCUT2D eigenvalue weighted by atomic mass is 9.75. The average Bonchev–Trinajstić information content (AvgIpc) is 3.02. The first-order chi connectivity index (χ1) is 10.5. The molecule has 8 nitrogen and oxygen atoms in total. The first-order valence-electron chi connectivity index (χ1n) is 7.27. The van der Waals surface area contributed by atoms with E-state index in [2.05, 4.69) is 25.4 Å². The maximum absolute atomic E-state index is 12.3. The molecular weight excluding hydrogens is 286 g/mol. The summed E-state index contributed by atoms with van der Waals surface area (Å²) >= 11 is 0.